The van der Waals surface area contributed by atoms with Crippen molar-refractivity contribution in [1.29, 1.82) is 0 Å². The molecule has 1 heterocycles. The molecule has 1 saturated heterocycles. The summed E-state index contributed by atoms with van der Waals surface area (Å²) in [4.78, 5) is 26.7. The molecule has 8 heteroatoms. The van der Waals surface area contributed by atoms with Crippen molar-refractivity contribution in [2.24, 2.45) is 0 Å². The van der Waals surface area contributed by atoms with Gasteiger partial charge in [0.2, 0.25) is 5.91 Å². The summed E-state index contributed by atoms with van der Waals surface area (Å²) in [5.74, 6) is -1.50. The number of hydrogen-bond donors (Lipinski definition) is 1. The molecule has 4 nitrogen and oxygen atoms in total. The van der Waals surface area contributed by atoms with Crippen molar-refractivity contribution in [2.45, 2.75) is 63.3 Å². The van der Waals surface area contributed by atoms with E-state index in [1.165, 1.54) is 0 Å². The zero-order valence-corrected chi connectivity index (χ0v) is 19.1. The van der Waals surface area contributed by atoms with Crippen LogP contribution in [0.3, 0.4) is 0 Å². The number of amides is 1. The fourth-order valence-electron chi connectivity index (χ4n) is 5.11. The molecular weight excluding hydrogens is 455 g/mol. The summed E-state index contributed by atoms with van der Waals surface area (Å²) in [5, 5.41) is 3.51. The van der Waals surface area contributed by atoms with E-state index in [2.05, 4.69) is 5.32 Å². The maximum Gasteiger partial charge on any atom is 0.411 e. The minimum Gasteiger partial charge on any atom is -0.369 e. The Labute approximate surface area is 195 Å². The maximum atomic E-state index is 13.6. The van der Waals surface area contributed by atoms with Crippen molar-refractivity contribution in [3.8, 4) is 11.1 Å². The van der Waals surface area contributed by atoms with Gasteiger partial charge in [-0.2, -0.15) is 13.2 Å². The van der Waals surface area contributed by atoms with E-state index in [4.69, 9.17) is 16.3 Å². The molecule has 4 rings (SSSR count). The highest BCUT2D eigenvalue weighted by Crippen LogP contribution is 2.43. The Kier molecular flexibility index (Phi) is 6.31. The van der Waals surface area contributed by atoms with Gasteiger partial charge in [-0.25, -0.2) is 0 Å². The molecule has 0 aromatic heterocycles. The van der Waals surface area contributed by atoms with Gasteiger partial charge in [-0.3, -0.25) is 9.59 Å². The van der Waals surface area contributed by atoms with Crippen LogP contribution < -0.4 is 5.32 Å². The van der Waals surface area contributed by atoms with Crippen LogP contribution in [-0.2, 0) is 14.3 Å². The number of ether oxygens (including phenoxy) is 1. The predicted molar refractivity (Wildman–Crippen MR) is 119 cm³/mol. The third kappa shape index (κ3) is 4.66. The number of rotatable bonds is 4. The first-order chi connectivity index (χ1) is 15.5. The van der Waals surface area contributed by atoms with Gasteiger partial charge in [-0.05, 0) is 79.5 Å². The van der Waals surface area contributed by atoms with Gasteiger partial charge in [-0.1, -0.05) is 35.9 Å². The van der Waals surface area contributed by atoms with Crippen LogP contribution in [0.1, 0.15) is 48.3 Å². The van der Waals surface area contributed by atoms with Gasteiger partial charge >= 0.3 is 6.18 Å². The lowest BCUT2D eigenvalue weighted by molar-refractivity contribution is -0.189. The second-order valence-electron chi connectivity index (χ2n) is 8.97. The van der Waals surface area contributed by atoms with Crippen LogP contribution in [0.5, 0.6) is 0 Å². The Balaban J connectivity index is 1.59. The summed E-state index contributed by atoms with van der Waals surface area (Å²) < 4.78 is 42.4. The highest BCUT2D eigenvalue weighted by molar-refractivity contribution is 6.30. The summed E-state index contributed by atoms with van der Waals surface area (Å²) in [7, 11) is 0. The maximum absolute atomic E-state index is 13.6. The second-order valence-corrected chi connectivity index (χ2v) is 9.41. The molecule has 0 radical (unpaired) electrons. The minimum atomic E-state index is -4.39. The van der Waals surface area contributed by atoms with E-state index in [1.54, 1.807) is 12.1 Å². The van der Waals surface area contributed by atoms with E-state index >= 15 is 0 Å². The SMILES string of the molecule is Cc1ccc(-c2ccc(Cl)cc2)c(C)c1C1C(=O)NC2(CCC(OCC(F)(F)F)CC2)C1=O. The van der Waals surface area contributed by atoms with E-state index in [0.29, 0.717) is 10.6 Å². The summed E-state index contributed by atoms with van der Waals surface area (Å²) in [6.07, 6.45) is -3.84. The van der Waals surface area contributed by atoms with Gasteiger partial charge in [0.1, 0.15) is 12.5 Å². The lowest BCUT2D eigenvalue weighted by atomic mass is 9.74. The number of hydrogen-bond acceptors (Lipinski definition) is 3. The summed E-state index contributed by atoms with van der Waals surface area (Å²) in [5.41, 5.74) is 3.19. The molecule has 0 bridgehead atoms. The number of aryl methyl sites for hydroxylation is 1. The first-order valence-corrected chi connectivity index (χ1v) is 11.3. The molecule has 176 valence electrons. The lowest BCUT2D eigenvalue weighted by Gasteiger charge is -2.36. The van der Waals surface area contributed by atoms with Gasteiger partial charge < -0.3 is 10.1 Å². The highest BCUT2D eigenvalue weighted by atomic mass is 35.5. The number of benzene rings is 2. The van der Waals surface area contributed by atoms with Gasteiger partial charge in [0.05, 0.1) is 11.6 Å². The molecule has 1 amide bonds. The normalized spacial score (nSPS) is 25.5. The van der Waals surface area contributed by atoms with E-state index in [-0.39, 0.29) is 37.4 Å². The first kappa shape index (κ1) is 23.8. The topological polar surface area (TPSA) is 55.4 Å². The number of carbonyl (C=O) groups excluding carboxylic acids is 2. The molecule has 1 spiro atoms. The number of nitrogens with one attached hydrogen (secondary N) is 1. The molecule has 1 aliphatic carbocycles. The van der Waals surface area contributed by atoms with Crippen molar-refractivity contribution in [3.05, 3.63) is 58.1 Å². The highest BCUT2D eigenvalue weighted by Gasteiger charge is 2.54. The molecular formula is C25H25ClF3NO3. The molecule has 1 N–H and O–H groups in total. The van der Waals surface area contributed by atoms with E-state index in [1.807, 2.05) is 38.1 Å². The zero-order valence-electron chi connectivity index (χ0n) is 18.4. The first-order valence-electron chi connectivity index (χ1n) is 10.9. The predicted octanol–water partition coefficient (Wildman–Crippen LogP) is 5.67. The molecule has 1 unspecified atom stereocenters. The van der Waals surface area contributed by atoms with Crippen molar-refractivity contribution >= 4 is 23.3 Å². The van der Waals surface area contributed by atoms with Crippen molar-refractivity contribution in [1.82, 2.24) is 5.32 Å². The molecule has 2 fully saturated rings. The Hall–Kier alpha value is -2.38. The van der Waals surface area contributed by atoms with E-state index < -0.39 is 30.3 Å². The Morgan fingerprint density at radius 2 is 1.70 bits per heavy atom. The van der Waals surface area contributed by atoms with Crippen LogP contribution in [-0.4, -0.2) is 36.1 Å². The third-order valence-electron chi connectivity index (χ3n) is 6.80. The summed E-state index contributed by atoms with van der Waals surface area (Å²) in [6, 6.07) is 11.2. The summed E-state index contributed by atoms with van der Waals surface area (Å²) >= 11 is 6.01. The van der Waals surface area contributed by atoms with Gasteiger partial charge in [0.25, 0.3) is 0 Å². The van der Waals surface area contributed by atoms with Crippen molar-refractivity contribution in [2.75, 3.05) is 6.61 Å². The average molecular weight is 480 g/mol. The van der Waals surface area contributed by atoms with Crippen LogP contribution in [0.25, 0.3) is 11.1 Å². The van der Waals surface area contributed by atoms with Gasteiger partial charge in [0.15, 0.2) is 5.78 Å². The van der Waals surface area contributed by atoms with E-state index in [0.717, 1.165) is 22.3 Å². The Bertz CT molecular complexity index is 1070. The lowest BCUT2D eigenvalue weighted by Crippen LogP contribution is -2.50. The standard InChI is InChI=1S/C25H25ClF3NO3/c1-14-3-8-19(16-4-6-17(26)7-5-16)15(2)20(14)21-22(31)24(30-23(21)32)11-9-18(10-12-24)33-13-25(27,28)29/h3-8,18,21H,9-13H2,1-2H3,(H,30,32). The smallest absolute Gasteiger partial charge is 0.369 e. The van der Waals surface area contributed by atoms with Crippen LogP contribution in [0, 0.1) is 13.8 Å². The number of ketones is 1. The average Bonchev–Trinajstić information content (AvgIpc) is 2.98. The molecule has 1 atom stereocenters. The van der Waals surface area contributed by atoms with Crippen LogP contribution in [0.4, 0.5) is 13.2 Å². The van der Waals surface area contributed by atoms with Crippen LogP contribution in [0.15, 0.2) is 36.4 Å². The molecule has 2 aliphatic rings. The minimum absolute atomic E-state index is 0.207. The molecule has 1 aliphatic heterocycles. The number of carbonyl (C=O) groups is 2. The number of halogens is 4. The van der Waals surface area contributed by atoms with E-state index in [9.17, 15) is 22.8 Å². The van der Waals surface area contributed by atoms with Crippen LogP contribution >= 0.6 is 11.6 Å². The Morgan fingerprint density at radius 1 is 1.06 bits per heavy atom. The molecule has 2 aromatic rings. The third-order valence-corrected chi connectivity index (χ3v) is 7.06. The molecule has 1 saturated carbocycles. The fourth-order valence-corrected chi connectivity index (χ4v) is 5.24. The molecule has 33 heavy (non-hydrogen) atoms. The van der Waals surface area contributed by atoms with Crippen molar-refractivity contribution in [3.63, 3.8) is 0 Å². The van der Waals surface area contributed by atoms with Gasteiger partial charge in [-0.15, -0.1) is 0 Å². The second kappa shape index (κ2) is 8.76. The fraction of sp³-hybridized carbons (Fsp3) is 0.440. The monoisotopic (exact) mass is 479 g/mol. The van der Waals surface area contributed by atoms with Gasteiger partial charge in [0, 0.05) is 5.02 Å². The zero-order chi connectivity index (χ0) is 24.0. The quantitative estimate of drug-likeness (QED) is 0.575. The summed E-state index contributed by atoms with van der Waals surface area (Å²) in [6.45, 7) is 2.48. The van der Waals surface area contributed by atoms with Crippen LogP contribution in [0.2, 0.25) is 5.02 Å². The number of alkyl halides is 3. The largest absolute Gasteiger partial charge is 0.411 e. The molecule has 2 aromatic carbocycles. The number of Topliss-reactive ketones (excluding diaryl/α,β-unsaturated/α-hetero) is 1. The Morgan fingerprint density at radius 3 is 2.30 bits per heavy atom. The van der Waals surface area contributed by atoms with Crippen molar-refractivity contribution < 1.29 is 27.5 Å².